The molecular formula is C16H22N4O2. The molecule has 3 N–H and O–H groups in total. The van der Waals surface area contributed by atoms with E-state index in [1.54, 1.807) is 6.20 Å². The number of nitrogens with zero attached hydrogens (tertiary/aromatic N) is 2. The van der Waals surface area contributed by atoms with Crippen molar-refractivity contribution in [3.63, 3.8) is 0 Å². The fourth-order valence-electron chi connectivity index (χ4n) is 2.20. The lowest BCUT2D eigenvalue weighted by atomic mass is 10.1. The minimum atomic E-state index is -0.298. The average molecular weight is 302 g/mol. The van der Waals surface area contributed by atoms with E-state index in [0.29, 0.717) is 6.54 Å². The number of aliphatic hydroxyl groups is 1. The molecule has 0 fully saturated rings. The normalized spacial score (nSPS) is 10.4. The molecular weight excluding hydrogens is 280 g/mol. The fraction of sp³-hybridized carbons (Fsp3) is 0.375. The number of amides is 2. The van der Waals surface area contributed by atoms with Crippen LogP contribution in [0.2, 0.25) is 0 Å². The fourth-order valence-corrected chi connectivity index (χ4v) is 2.20. The standard InChI is InChI=1S/C16H22N4O2/c21-12-9-18-16(22)19-13-15-17-8-11-20(15)10-4-7-14-5-2-1-3-6-14/h1-3,5-6,8,11,21H,4,7,9-10,12-13H2,(H2,18,19,22). The van der Waals surface area contributed by atoms with E-state index < -0.39 is 0 Å². The Morgan fingerprint density at radius 3 is 2.82 bits per heavy atom. The maximum absolute atomic E-state index is 11.4. The number of carbonyl (C=O) groups is 1. The summed E-state index contributed by atoms with van der Waals surface area (Å²) in [5.74, 6) is 0.826. The zero-order valence-corrected chi connectivity index (χ0v) is 12.5. The maximum Gasteiger partial charge on any atom is 0.315 e. The third kappa shape index (κ3) is 5.21. The molecule has 2 aromatic rings. The SMILES string of the molecule is O=C(NCCO)NCc1nccn1CCCc1ccccc1. The van der Waals surface area contributed by atoms with E-state index in [-0.39, 0.29) is 19.2 Å². The van der Waals surface area contributed by atoms with Crippen molar-refractivity contribution in [3.8, 4) is 0 Å². The van der Waals surface area contributed by atoms with Gasteiger partial charge in [-0.1, -0.05) is 30.3 Å². The van der Waals surface area contributed by atoms with Gasteiger partial charge in [0.25, 0.3) is 0 Å². The molecule has 2 amide bonds. The first-order valence-corrected chi connectivity index (χ1v) is 7.46. The number of hydrogen-bond acceptors (Lipinski definition) is 3. The van der Waals surface area contributed by atoms with E-state index in [1.165, 1.54) is 5.56 Å². The van der Waals surface area contributed by atoms with Gasteiger partial charge >= 0.3 is 6.03 Å². The topological polar surface area (TPSA) is 79.2 Å². The minimum absolute atomic E-state index is 0.0679. The molecule has 1 aromatic carbocycles. The summed E-state index contributed by atoms with van der Waals surface area (Å²) >= 11 is 0. The Morgan fingerprint density at radius 2 is 2.05 bits per heavy atom. The van der Waals surface area contributed by atoms with Crippen molar-refractivity contribution in [2.24, 2.45) is 0 Å². The van der Waals surface area contributed by atoms with Crippen LogP contribution in [0.4, 0.5) is 4.79 Å². The van der Waals surface area contributed by atoms with Crippen molar-refractivity contribution in [2.75, 3.05) is 13.2 Å². The summed E-state index contributed by atoms with van der Waals surface area (Å²) in [6, 6.07) is 10.1. The molecule has 0 spiro atoms. The highest BCUT2D eigenvalue weighted by molar-refractivity contribution is 5.73. The molecule has 118 valence electrons. The van der Waals surface area contributed by atoms with E-state index in [0.717, 1.165) is 25.2 Å². The van der Waals surface area contributed by atoms with Crippen LogP contribution in [0.3, 0.4) is 0 Å². The summed E-state index contributed by atoms with van der Waals surface area (Å²) in [6.07, 6.45) is 5.70. The third-order valence-corrected chi connectivity index (χ3v) is 3.31. The van der Waals surface area contributed by atoms with Gasteiger partial charge in [0.2, 0.25) is 0 Å². The van der Waals surface area contributed by atoms with Gasteiger partial charge in [0.1, 0.15) is 5.82 Å². The molecule has 0 aliphatic carbocycles. The number of aliphatic hydroxyl groups excluding tert-OH is 1. The summed E-state index contributed by atoms with van der Waals surface area (Å²) in [5.41, 5.74) is 1.32. The van der Waals surface area contributed by atoms with Crippen LogP contribution in [-0.2, 0) is 19.5 Å². The number of benzene rings is 1. The van der Waals surface area contributed by atoms with Gasteiger partial charge in [-0.3, -0.25) is 0 Å². The summed E-state index contributed by atoms with van der Waals surface area (Å²) < 4.78 is 2.05. The first-order chi connectivity index (χ1) is 10.8. The summed E-state index contributed by atoms with van der Waals surface area (Å²) in [5, 5.41) is 13.9. The lowest BCUT2D eigenvalue weighted by Gasteiger charge is -2.09. The Labute approximate surface area is 130 Å². The van der Waals surface area contributed by atoms with Crippen LogP contribution in [0.1, 0.15) is 17.8 Å². The highest BCUT2D eigenvalue weighted by Crippen LogP contribution is 2.05. The van der Waals surface area contributed by atoms with E-state index in [1.807, 2.05) is 24.4 Å². The van der Waals surface area contributed by atoms with Crippen molar-refractivity contribution < 1.29 is 9.90 Å². The Hall–Kier alpha value is -2.34. The van der Waals surface area contributed by atoms with Crippen LogP contribution in [-0.4, -0.2) is 33.8 Å². The monoisotopic (exact) mass is 302 g/mol. The van der Waals surface area contributed by atoms with Crippen LogP contribution < -0.4 is 10.6 Å². The Balaban J connectivity index is 1.76. The molecule has 6 nitrogen and oxygen atoms in total. The molecule has 0 saturated heterocycles. The predicted octanol–water partition coefficient (Wildman–Crippen LogP) is 1.31. The number of rotatable bonds is 8. The van der Waals surface area contributed by atoms with Crippen molar-refractivity contribution in [3.05, 3.63) is 54.1 Å². The zero-order chi connectivity index (χ0) is 15.6. The van der Waals surface area contributed by atoms with Gasteiger partial charge < -0.3 is 20.3 Å². The molecule has 1 aromatic heterocycles. The molecule has 0 atom stereocenters. The molecule has 0 bridgehead atoms. The van der Waals surface area contributed by atoms with E-state index in [2.05, 4.69) is 32.3 Å². The second-order valence-corrected chi connectivity index (χ2v) is 4.96. The predicted molar refractivity (Wildman–Crippen MR) is 84.3 cm³/mol. The second kappa shape index (κ2) is 8.84. The number of hydrogen-bond donors (Lipinski definition) is 3. The first-order valence-electron chi connectivity index (χ1n) is 7.46. The molecule has 6 heteroatoms. The molecule has 0 aliphatic rings. The van der Waals surface area contributed by atoms with E-state index >= 15 is 0 Å². The van der Waals surface area contributed by atoms with Crippen molar-refractivity contribution >= 4 is 6.03 Å². The quantitative estimate of drug-likeness (QED) is 0.688. The lowest BCUT2D eigenvalue weighted by Crippen LogP contribution is -2.37. The smallest absolute Gasteiger partial charge is 0.315 e. The van der Waals surface area contributed by atoms with Gasteiger partial charge in [-0.25, -0.2) is 9.78 Å². The van der Waals surface area contributed by atoms with Gasteiger partial charge in [-0.15, -0.1) is 0 Å². The number of aromatic nitrogens is 2. The molecule has 1 heterocycles. The van der Waals surface area contributed by atoms with Crippen LogP contribution in [0.25, 0.3) is 0 Å². The third-order valence-electron chi connectivity index (χ3n) is 3.31. The Bertz CT molecular complexity index is 569. The Kier molecular flexibility index (Phi) is 6.44. The van der Waals surface area contributed by atoms with Gasteiger partial charge in [0.15, 0.2) is 0 Å². The van der Waals surface area contributed by atoms with Crippen LogP contribution in [0.5, 0.6) is 0 Å². The summed E-state index contributed by atoms with van der Waals surface area (Å²) in [6.45, 7) is 1.42. The van der Waals surface area contributed by atoms with Gasteiger partial charge in [0.05, 0.1) is 13.2 Å². The molecule has 0 saturated carbocycles. The number of urea groups is 1. The first kappa shape index (κ1) is 16.0. The molecule has 0 unspecified atom stereocenters. The highest BCUT2D eigenvalue weighted by atomic mass is 16.3. The van der Waals surface area contributed by atoms with Gasteiger partial charge in [-0.05, 0) is 18.4 Å². The zero-order valence-electron chi connectivity index (χ0n) is 12.5. The lowest BCUT2D eigenvalue weighted by molar-refractivity contribution is 0.233. The summed E-state index contributed by atoms with van der Waals surface area (Å²) in [4.78, 5) is 15.7. The minimum Gasteiger partial charge on any atom is -0.395 e. The molecule has 0 radical (unpaired) electrons. The number of imidazole rings is 1. The van der Waals surface area contributed by atoms with Crippen LogP contribution in [0.15, 0.2) is 42.7 Å². The maximum atomic E-state index is 11.4. The van der Waals surface area contributed by atoms with Gasteiger partial charge in [0, 0.05) is 25.5 Å². The van der Waals surface area contributed by atoms with Crippen molar-refractivity contribution in [2.45, 2.75) is 25.9 Å². The molecule has 22 heavy (non-hydrogen) atoms. The van der Waals surface area contributed by atoms with Crippen LogP contribution in [0, 0.1) is 0 Å². The second-order valence-electron chi connectivity index (χ2n) is 4.96. The van der Waals surface area contributed by atoms with Crippen molar-refractivity contribution in [1.82, 2.24) is 20.2 Å². The van der Waals surface area contributed by atoms with Crippen molar-refractivity contribution in [1.29, 1.82) is 0 Å². The summed E-state index contributed by atoms with van der Waals surface area (Å²) in [7, 11) is 0. The number of nitrogens with one attached hydrogen (secondary N) is 2. The largest absolute Gasteiger partial charge is 0.395 e. The number of carbonyl (C=O) groups excluding carboxylic acids is 1. The molecule has 0 aliphatic heterocycles. The molecule has 2 rings (SSSR count). The Morgan fingerprint density at radius 1 is 1.23 bits per heavy atom. The van der Waals surface area contributed by atoms with E-state index in [4.69, 9.17) is 5.11 Å². The van der Waals surface area contributed by atoms with E-state index in [9.17, 15) is 4.79 Å². The average Bonchev–Trinajstić information content (AvgIpc) is 2.99. The number of aryl methyl sites for hydroxylation is 2. The highest BCUT2D eigenvalue weighted by Gasteiger charge is 2.05. The van der Waals surface area contributed by atoms with Crippen LogP contribution >= 0.6 is 0 Å². The van der Waals surface area contributed by atoms with Gasteiger partial charge in [-0.2, -0.15) is 0 Å².